The Morgan fingerprint density at radius 2 is 1.82 bits per heavy atom. The third-order valence-corrected chi connectivity index (χ3v) is 1.13. The highest BCUT2D eigenvalue weighted by Crippen LogP contribution is 1.82. The van der Waals surface area contributed by atoms with Gasteiger partial charge in [-0.25, -0.2) is 5.01 Å². The lowest BCUT2D eigenvalue weighted by atomic mass is 10.4. The number of carbonyl (C=O) groups excluding carboxylic acids is 1. The van der Waals surface area contributed by atoms with Crippen molar-refractivity contribution in [2.24, 2.45) is 0 Å². The van der Waals surface area contributed by atoms with Crippen molar-refractivity contribution < 1.29 is 4.79 Å². The Labute approximate surface area is 68.1 Å². The Morgan fingerprint density at radius 1 is 1.27 bits per heavy atom. The van der Waals surface area contributed by atoms with E-state index in [0.29, 0.717) is 6.42 Å². The predicted octanol–water partition coefficient (Wildman–Crippen LogP) is -0.469. The normalized spacial score (nSPS) is 10.7. The summed E-state index contributed by atoms with van der Waals surface area (Å²) in [6.07, 6.45) is 0.547. The van der Waals surface area contributed by atoms with Crippen molar-refractivity contribution in [1.82, 2.24) is 15.3 Å². The molecule has 0 heterocycles. The zero-order chi connectivity index (χ0) is 8.85. The maximum absolute atomic E-state index is 11.0. The quantitative estimate of drug-likeness (QED) is 0.563. The topological polar surface area (TPSA) is 35.6 Å². The van der Waals surface area contributed by atoms with Gasteiger partial charge in [0, 0.05) is 27.1 Å². The first-order valence-corrected chi connectivity index (χ1v) is 3.64. The minimum Gasteiger partial charge on any atom is -0.309 e. The highest BCUT2D eigenvalue weighted by Gasteiger charge is 2.01. The summed E-state index contributed by atoms with van der Waals surface area (Å²) in [5.74, 6) is 0.0590. The van der Waals surface area contributed by atoms with Gasteiger partial charge < -0.3 is 4.90 Å². The van der Waals surface area contributed by atoms with Crippen molar-refractivity contribution in [3.8, 4) is 0 Å². The molecule has 0 unspecified atom stereocenters. The number of carbonyl (C=O) groups is 1. The molecule has 0 radical (unpaired) electrons. The summed E-state index contributed by atoms with van der Waals surface area (Å²) in [5.41, 5.74) is 2.67. The highest BCUT2D eigenvalue weighted by atomic mass is 16.2. The average molecular weight is 159 g/mol. The van der Waals surface area contributed by atoms with Crippen molar-refractivity contribution >= 4 is 5.91 Å². The van der Waals surface area contributed by atoms with Gasteiger partial charge in [0.1, 0.15) is 0 Å². The van der Waals surface area contributed by atoms with E-state index in [1.165, 1.54) is 0 Å². The van der Waals surface area contributed by atoms with E-state index in [9.17, 15) is 4.79 Å². The zero-order valence-corrected chi connectivity index (χ0v) is 7.72. The highest BCUT2D eigenvalue weighted by molar-refractivity contribution is 5.75. The molecule has 0 aromatic carbocycles. The van der Waals surface area contributed by atoms with E-state index >= 15 is 0 Å². The van der Waals surface area contributed by atoms with Crippen LogP contribution in [0.25, 0.3) is 0 Å². The Hall–Kier alpha value is -0.610. The first-order chi connectivity index (χ1) is 5.02. The maximum Gasteiger partial charge on any atom is 0.235 e. The first kappa shape index (κ1) is 10.4. The second kappa shape index (κ2) is 5.09. The lowest BCUT2D eigenvalue weighted by molar-refractivity contribution is -0.125. The van der Waals surface area contributed by atoms with E-state index in [1.807, 2.05) is 19.0 Å². The van der Waals surface area contributed by atoms with Gasteiger partial charge in [0.25, 0.3) is 0 Å². The molecular formula is C7H17N3O. The summed E-state index contributed by atoms with van der Waals surface area (Å²) in [6.45, 7) is 0.791. The van der Waals surface area contributed by atoms with Gasteiger partial charge in [-0.3, -0.25) is 10.2 Å². The van der Waals surface area contributed by atoms with Crippen LogP contribution in [0.1, 0.15) is 6.42 Å². The maximum atomic E-state index is 11.0. The van der Waals surface area contributed by atoms with E-state index in [1.54, 1.807) is 19.1 Å². The van der Waals surface area contributed by atoms with E-state index < -0.39 is 0 Å². The summed E-state index contributed by atoms with van der Waals surface area (Å²) >= 11 is 0. The number of rotatable bonds is 4. The third kappa shape index (κ3) is 7.29. The Morgan fingerprint density at radius 3 is 2.18 bits per heavy atom. The fourth-order valence-electron chi connectivity index (χ4n) is 0.630. The second-order valence-electron chi connectivity index (χ2n) is 2.98. The van der Waals surface area contributed by atoms with Crippen LogP contribution in [0.4, 0.5) is 0 Å². The molecule has 0 aromatic heterocycles. The fourth-order valence-corrected chi connectivity index (χ4v) is 0.630. The fraction of sp³-hybridized carbons (Fsp3) is 0.857. The van der Waals surface area contributed by atoms with E-state index in [4.69, 9.17) is 0 Å². The van der Waals surface area contributed by atoms with Crippen LogP contribution < -0.4 is 5.43 Å². The summed E-state index contributed by atoms with van der Waals surface area (Å²) in [6, 6.07) is 0. The molecule has 0 rings (SSSR count). The van der Waals surface area contributed by atoms with E-state index in [-0.39, 0.29) is 5.91 Å². The van der Waals surface area contributed by atoms with Gasteiger partial charge in [-0.05, 0) is 14.1 Å². The van der Waals surface area contributed by atoms with Crippen molar-refractivity contribution in [3.63, 3.8) is 0 Å². The van der Waals surface area contributed by atoms with Gasteiger partial charge in [0.05, 0.1) is 0 Å². The number of hydrazine groups is 1. The van der Waals surface area contributed by atoms with Crippen molar-refractivity contribution in [3.05, 3.63) is 0 Å². The first-order valence-electron chi connectivity index (χ1n) is 3.64. The van der Waals surface area contributed by atoms with Crippen LogP contribution in [0.5, 0.6) is 0 Å². The SMILES string of the molecule is CN(C)CCC(=O)NN(C)C. The van der Waals surface area contributed by atoms with Crippen LogP contribution in [-0.2, 0) is 4.79 Å². The van der Waals surface area contributed by atoms with Crippen molar-refractivity contribution in [2.45, 2.75) is 6.42 Å². The van der Waals surface area contributed by atoms with Gasteiger partial charge in [-0.2, -0.15) is 0 Å². The molecular weight excluding hydrogens is 142 g/mol. The van der Waals surface area contributed by atoms with Crippen LogP contribution in [0.15, 0.2) is 0 Å². The summed E-state index contributed by atoms with van der Waals surface area (Å²) < 4.78 is 0. The molecule has 0 aromatic rings. The van der Waals surface area contributed by atoms with Gasteiger partial charge in [-0.1, -0.05) is 0 Å². The van der Waals surface area contributed by atoms with Gasteiger partial charge in [0.2, 0.25) is 5.91 Å². The van der Waals surface area contributed by atoms with E-state index in [0.717, 1.165) is 6.54 Å². The molecule has 0 atom stereocenters. The molecule has 0 aliphatic heterocycles. The third-order valence-electron chi connectivity index (χ3n) is 1.13. The molecule has 11 heavy (non-hydrogen) atoms. The average Bonchev–Trinajstić information content (AvgIpc) is 1.82. The lowest BCUT2D eigenvalue weighted by Gasteiger charge is -2.13. The van der Waals surface area contributed by atoms with Gasteiger partial charge in [0.15, 0.2) is 0 Å². The lowest BCUT2D eigenvalue weighted by Crippen LogP contribution is -2.37. The minimum absolute atomic E-state index is 0.0590. The Kier molecular flexibility index (Phi) is 4.81. The Bertz CT molecular complexity index is 123. The molecule has 0 saturated heterocycles. The number of amides is 1. The van der Waals surface area contributed by atoms with E-state index in [2.05, 4.69) is 5.43 Å². The van der Waals surface area contributed by atoms with Crippen LogP contribution in [0, 0.1) is 0 Å². The predicted molar refractivity (Wildman–Crippen MR) is 45.0 cm³/mol. The molecule has 0 fully saturated rings. The molecule has 4 nitrogen and oxygen atoms in total. The molecule has 0 spiro atoms. The number of nitrogens with zero attached hydrogens (tertiary/aromatic N) is 2. The molecule has 0 saturated carbocycles. The standard InChI is InChI=1S/C7H17N3O/c1-9(2)6-5-7(11)8-10(3)4/h5-6H2,1-4H3,(H,8,11). The van der Waals surface area contributed by atoms with Crippen LogP contribution in [-0.4, -0.2) is 50.6 Å². The summed E-state index contributed by atoms with van der Waals surface area (Å²) in [5, 5.41) is 1.65. The van der Waals surface area contributed by atoms with Crippen molar-refractivity contribution in [2.75, 3.05) is 34.7 Å². The van der Waals surface area contributed by atoms with Crippen LogP contribution in [0.2, 0.25) is 0 Å². The molecule has 1 amide bonds. The summed E-state index contributed by atoms with van der Waals surface area (Å²) in [7, 11) is 7.49. The molecule has 0 bridgehead atoms. The number of hydrogen-bond acceptors (Lipinski definition) is 3. The summed E-state index contributed by atoms with van der Waals surface area (Å²) in [4.78, 5) is 13.0. The van der Waals surface area contributed by atoms with Crippen molar-refractivity contribution in [1.29, 1.82) is 0 Å². The molecule has 1 N–H and O–H groups in total. The largest absolute Gasteiger partial charge is 0.309 e. The smallest absolute Gasteiger partial charge is 0.235 e. The van der Waals surface area contributed by atoms with Gasteiger partial charge in [-0.15, -0.1) is 0 Å². The molecule has 0 aliphatic rings. The molecule has 66 valence electrons. The monoisotopic (exact) mass is 159 g/mol. The second-order valence-corrected chi connectivity index (χ2v) is 2.98. The van der Waals surface area contributed by atoms with Gasteiger partial charge >= 0.3 is 0 Å². The number of nitrogens with one attached hydrogen (secondary N) is 1. The molecule has 4 heteroatoms. The van der Waals surface area contributed by atoms with Crippen LogP contribution in [0.3, 0.4) is 0 Å². The Balaban J connectivity index is 3.38. The van der Waals surface area contributed by atoms with Crippen LogP contribution >= 0.6 is 0 Å². The zero-order valence-electron chi connectivity index (χ0n) is 7.72. The minimum atomic E-state index is 0.0590. The number of hydrogen-bond donors (Lipinski definition) is 1. The molecule has 0 aliphatic carbocycles.